The number of pyridine rings is 1. The first kappa shape index (κ1) is 22.2. The van der Waals surface area contributed by atoms with Gasteiger partial charge in [0.15, 0.2) is 5.78 Å². The Morgan fingerprint density at radius 1 is 1.26 bits per heavy atom. The predicted molar refractivity (Wildman–Crippen MR) is 117 cm³/mol. The number of imide groups is 1. The number of hydrogen-bond donors (Lipinski definition) is 1. The Balaban J connectivity index is 1.57. The van der Waals surface area contributed by atoms with E-state index in [9.17, 15) is 19.2 Å². The van der Waals surface area contributed by atoms with E-state index in [1.807, 2.05) is 0 Å². The summed E-state index contributed by atoms with van der Waals surface area (Å²) in [5.41, 5.74) is 1.79. The second-order valence-corrected chi connectivity index (χ2v) is 7.72. The Kier molecular flexibility index (Phi) is 7.19. The number of carbonyl (C=O) groups is 4. The number of Topliss-reactive ketones (excluding diaryl/α,β-unsaturated/α-hetero) is 1. The van der Waals surface area contributed by atoms with Crippen molar-refractivity contribution in [1.82, 2.24) is 15.2 Å². The molecule has 1 aliphatic heterocycles. The van der Waals surface area contributed by atoms with Gasteiger partial charge in [-0.25, -0.2) is 0 Å². The van der Waals surface area contributed by atoms with Gasteiger partial charge >= 0.3 is 0 Å². The summed E-state index contributed by atoms with van der Waals surface area (Å²) >= 11 is 0.857. The zero-order valence-corrected chi connectivity index (χ0v) is 17.9. The van der Waals surface area contributed by atoms with Gasteiger partial charge in [0, 0.05) is 36.6 Å². The third-order valence-electron chi connectivity index (χ3n) is 4.55. The highest BCUT2D eigenvalue weighted by Crippen LogP contribution is 2.31. The molecule has 31 heavy (non-hydrogen) atoms. The molecule has 0 saturated carbocycles. The van der Waals surface area contributed by atoms with Gasteiger partial charge < -0.3 is 10.1 Å². The molecule has 1 aliphatic rings. The molecule has 1 aromatic heterocycles. The average molecular weight is 439 g/mol. The zero-order valence-electron chi connectivity index (χ0n) is 17.1. The fourth-order valence-electron chi connectivity index (χ4n) is 2.98. The van der Waals surface area contributed by atoms with Crippen LogP contribution in [0.3, 0.4) is 0 Å². The molecule has 1 aromatic carbocycles. The first-order chi connectivity index (χ1) is 14.9. The van der Waals surface area contributed by atoms with Crippen molar-refractivity contribution in [1.29, 1.82) is 0 Å². The highest BCUT2D eigenvalue weighted by Gasteiger charge is 2.34. The van der Waals surface area contributed by atoms with Crippen LogP contribution in [0, 0.1) is 0 Å². The molecule has 3 amide bonds. The van der Waals surface area contributed by atoms with Crippen LogP contribution >= 0.6 is 11.8 Å². The van der Waals surface area contributed by atoms with Crippen LogP contribution in [-0.2, 0) is 16.0 Å². The highest BCUT2D eigenvalue weighted by molar-refractivity contribution is 8.18. The van der Waals surface area contributed by atoms with Gasteiger partial charge in [0.05, 0.1) is 18.4 Å². The van der Waals surface area contributed by atoms with Crippen molar-refractivity contribution in [3.63, 3.8) is 0 Å². The van der Waals surface area contributed by atoms with Crippen molar-refractivity contribution >= 4 is 40.7 Å². The van der Waals surface area contributed by atoms with E-state index < -0.39 is 5.91 Å². The summed E-state index contributed by atoms with van der Waals surface area (Å²) in [5, 5.41) is 2.32. The average Bonchev–Trinajstić information content (AvgIpc) is 3.01. The Morgan fingerprint density at radius 3 is 2.74 bits per heavy atom. The third-order valence-corrected chi connectivity index (χ3v) is 5.46. The molecule has 1 fully saturated rings. The second kappa shape index (κ2) is 10.0. The third kappa shape index (κ3) is 5.58. The lowest BCUT2D eigenvalue weighted by Crippen LogP contribution is -2.37. The van der Waals surface area contributed by atoms with Crippen LogP contribution in [0.4, 0.5) is 4.79 Å². The molecule has 2 heterocycles. The minimum absolute atomic E-state index is 0.00704. The number of benzene rings is 1. The second-order valence-electron chi connectivity index (χ2n) is 6.73. The number of amides is 3. The van der Waals surface area contributed by atoms with Crippen LogP contribution in [0.5, 0.6) is 5.75 Å². The molecule has 0 atom stereocenters. The van der Waals surface area contributed by atoms with Crippen LogP contribution in [0.1, 0.15) is 28.4 Å². The largest absolute Gasteiger partial charge is 0.496 e. The number of ether oxygens (including phenoxy) is 1. The molecule has 0 aliphatic carbocycles. The summed E-state index contributed by atoms with van der Waals surface area (Å²) < 4.78 is 5.25. The molecule has 3 rings (SSSR count). The van der Waals surface area contributed by atoms with Crippen LogP contribution in [0.2, 0.25) is 0 Å². The molecule has 2 aromatic rings. The molecule has 1 N–H and O–H groups in total. The maximum absolute atomic E-state index is 12.5. The van der Waals surface area contributed by atoms with Crippen LogP contribution < -0.4 is 10.1 Å². The number of nitrogens with zero attached hydrogens (tertiary/aromatic N) is 2. The van der Waals surface area contributed by atoms with E-state index in [-0.39, 0.29) is 36.4 Å². The highest BCUT2D eigenvalue weighted by atomic mass is 32.2. The van der Waals surface area contributed by atoms with Gasteiger partial charge in [-0.1, -0.05) is 6.07 Å². The number of carbonyl (C=O) groups excluding carboxylic acids is 4. The summed E-state index contributed by atoms with van der Waals surface area (Å²) in [6, 6.07) is 8.44. The van der Waals surface area contributed by atoms with Crippen LogP contribution in [0.25, 0.3) is 6.08 Å². The maximum Gasteiger partial charge on any atom is 0.293 e. The number of rotatable bonds is 8. The summed E-state index contributed by atoms with van der Waals surface area (Å²) in [7, 11) is 1.49. The van der Waals surface area contributed by atoms with Crippen molar-refractivity contribution in [3.8, 4) is 5.75 Å². The van der Waals surface area contributed by atoms with Gasteiger partial charge in [-0.05, 0) is 54.6 Å². The first-order valence-electron chi connectivity index (χ1n) is 9.49. The Bertz CT molecular complexity index is 1050. The zero-order chi connectivity index (χ0) is 22.4. The Labute approximate surface area is 183 Å². The van der Waals surface area contributed by atoms with Crippen molar-refractivity contribution in [2.45, 2.75) is 13.3 Å². The minimum Gasteiger partial charge on any atom is -0.496 e. The van der Waals surface area contributed by atoms with E-state index in [4.69, 9.17) is 4.74 Å². The number of nitrogens with one attached hydrogen (secondary N) is 1. The lowest BCUT2D eigenvalue weighted by molar-refractivity contribution is -0.124. The lowest BCUT2D eigenvalue weighted by atomic mass is 10.0. The van der Waals surface area contributed by atoms with Crippen molar-refractivity contribution in [2.75, 3.05) is 20.2 Å². The standard InChI is InChI=1S/C22H21N3O5S/c1-14(26)16-5-6-18(30-2)17(11-16)12-20(27)24-8-9-25-21(28)19(31-22(25)29)10-15-4-3-7-23-13-15/h3-7,10-11,13H,8-9,12H2,1-2H3,(H,24,27)/b19-10-. The summed E-state index contributed by atoms with van der Waals surface area (Å²) in [4.78, 5) is 54.0. The predicted octanol–water partition coefficient (Wildman–Crippen LogP) is 2.69. The minimum atomic E-state index is -0.399. The molecule has 0 bridgehead atoms. The summed E-state index contributed by atoms with van der Waals surface area (Å²) in [5.74, 6) is -0.310. The van der Waals surface area contributed by atoms with Gasteiger partial charge in [0.1, 0.15) is 5.75 Å². The fraction of sp³-hybridized carbons (Fsp3) is 0.227. The normalized spacial score (nSPS) is 14.8. The maximum atomic E-state index is 12.5. The molecular weight excluding hydrogens is 418 g/mol. The number of ketones is 1. The Hall–Kier alpha value is -3.46. The molecule has 1 saturated heterocycles. The van der Waals surface area contributed by atoms with E-state index in [1.165, 1.54) is 14.0 Å². The van der Waals surface area contributed by atoms with Gasteiger partial charge in [-0.15, -0.1) is 0 Å². The molecule has 160 valence electrons. The SMILES string of the molecule is COc1ccc(C(C)=O)cc1CC(=O)NCCN1C(=O)S/C(=C\c2cccnc2)C1=O. The topological polar surface area (TPSA) is 106 Å². The number of hydrogen-bond acceptors (Lipinski definition) is 7. The van der Waals surface area contributed by atoms with Crippen LogP contribution in [-0.4, -0.2) is 52.9 Å². The number of thioether (sulfide) groups is 1. The van der Waals surface area contributed by atoms with E-state index >= 15 is 0 Å². The quantitative estimate of drug-likeness (QED) is 0.498. The smallest absolute Gasteiger partial charge is 0.293 e. The van der Waals surface area contributed by atoms with Gasteiger partial charge in [-0.3, -0.25) is 29.1 Å². The van der Waals surface area contributed by atoms with Crippen LogP contribution in [0.15, 0.2) is 47.6 Å². The van der Waals surface area contributed by atoms with Crippen molar-refractivity contribution in [3.05, 3.63) is 64.3 Å². The molecule has 0 spiro atoms. The molecule has 9 heteroatoms. The Morgan fingerprint density at radius 2 is 2.06 bits per heavy atom. The summed E-state index contributed by atoms with van der Waals surface area (Å²) in [6.07, 6.45) is 4.85. The van der Waals surface area contributed by atoms with Gasteiger partial charge in [0.2, 0.25) is 5.91 Å². The lowest BCUT2D eigenvalue weighted by Gasteiger charge is -2.14. The number of methoxy groups -OCH3 is 1. The van der Waals surface area contributed by atoms with E-state index in [0.29, 0.717) is 21.8 Å². The first-order valence-corrected chi connectivity index (χ1v) is 10.3. The van der Waals surface area contributed by atoms with Gasteiger partial charge in [0.25, 0.3) is 11.1 Å². The molecule has 0 radical (unpaired) electrons. The van der Waals surface area contributed by atoms with E-state index in [0.717, 1.165) is 22.2 Å². The number of aromatic nitrogens is 1. The van der Waals surface area contributed by atoms with E-state index in [2.05, 4.69) is 10.3 Å². The van der Waals surface area contributed by atoms with Gasteiger partial charge in [-0.2, -0.15) is 0 Å². The molecule has 0 unspecified atom stereocenters. The van der Waals surface area contributed by atoms with E-state index in [1.54, 1.807) is 48.8 Å². The van der Waals surface area contributed by atoms with Crippen molar-refractivity contribution < 1.29 is 23.9 Å². The fourth-order valence-corrected chi connectivity index (χ4v) is 3.85. The summed E-state index contributed by atoms with van der Waals surface area (Å²) in [6.45, 7) is 1.63. The van der Waals surface area contributed by atoms with Crippen molar-refractivity contribution in [2.24, 2.45) is 0 Å². The monoisotopic (exact) mass is 439 g/mol. The molecule has 8 nitrogen and oxygen atoms in total. The molecular formula is C22H21N3O5S.